The van der Waals surface area contributed by atoms with E-state index in [1.807, 2.05) is 25.3 Å². The molecule has 0 unspecified atom stereocenters. The molecule has 0 aromatic heterocycles. The summed E-state index contributed by atoms with van der Waals surface area (Å²) in [7, 11) is 0. The van der Waals surface area contributed by atoms with Crippen LogP contribution in [0.4, 0.5) is 0 Å². The molecule has 0 amide bonds. The van der Waals surface area contributed by atoms with Crippen LogP contribution in [0, 0.1) is 6.92 Å². The SMILES string of the molecule is Cc1ccc([C]=O)c(Br)c1. The van der Waals surface area contributed by atoms with Gasteiger partial charge in [-0.25, -0.2) is 0 Å². The summed E-state index contributed by atoms with van der Waals surface area (Å²) < 4.78 is 0.808. The van der Waals surface area contributed by atoms with Crippen molar-refractivity contribution >= 4 is 22.2 Å². The molecule has 1 aromatic rings. The van der Waals surface area contributed by atoms with E-state index < -0.39 is 0 Å². The van der Waals surface area contributed by atoms with E-state index in [1.165, 1.54) is 0 Å². The zero-order chi connectivity index (χ0) is 7.56. The monoisotopic (exact) mass is 197 g/mol. The molecule has 0 aliphatic heterocycles. The molecule has 1 nitrogen and oxygen atoms in total. The van der Waals surface area contributed by atoms with E-state index >= 15 is 0 Å². The fraction of sp³-hybridized carbons (Fsp3) is 0.125. The number of halogens is 1. The predicted octanol–water partition coefficient (Wildman–Crippen LogP) is 2.22. The minimum atomic E-state index is 0.575. The van der Waals surface area contributed by atoms with Crippen LogP contribution < -0.4 is 0 Å². The zero-order valence-corrected chi connectivity index (χ0v) is 7.10. The average molecular weight is 198 g/mol. The molecule has 1 rings (SSSR count). The summed E-state index contributed by atoms with van der Waals surface area (Å²) in [6, 6.07) is 5.51. The highest BCUT2D eigenvalue weighted by molar-refractivity contribution is 9.10. The smallest absolute Gasteiger partial charge is 0.234 e. The van der Waals surface area contributed by atoms with Gasteiger partial charge >= 0.3 is 0 Å². The average Bonchev–Trinajstić information content (AvgIpc) is 1.88. The quantitative estimate of drug-likeness (QED) is 0.676. The van der Waals surface area contributed by atoms with E-state index in [0.29, 0.717) is 5.56 Å². The third kappa shape index (κ3) is 1.45. The van der Waals surface area contributed by atoms with Crippen molar-refractivity contribution in [1.82, 2.24) is 0 Å². The highest BCUT2D eigenvalue weighted by Gasteiger charge is 1.96. The Morgan fingerprint density at radius 2 is 2.20 bits per heavy atom. The number of carbonyl (C=O) groups excluding carboxylic acids is 1. The molecule has 51 valence electrons. The molecule has 10 heavy (non-hydrogen) atoms. The molecule has 0 spiro atoms. The maximum Gasteiger partial charge on any atom is 0.234 e. The molecular formula is C8H6BrO. The third-order valence-electron chi connectivity index (χ3n) is 1.23. The Morgan fingerprint density at radius 1 is 1.50 bits per heavy atom. The van der Waals surface area contributed by atoms with Crippen molar-refractivity contribution in [1.29, 1.82) is 0 Å². The molecule has 1 radical (unpaired) electrons. The Labute approximate surface area is 68.2 Å². The van der Waals surface area contributed by atoms with Crippen LogP contribution in [-0.2, 0) is 4.79 Å². The van der Waals surface area contributed by atoms with Crippen LogP contribution in [-0.4, -0.2) is 6.29 Å². The molecular weight excluding hydrogens is 192 g/mol. The van der Waals surface area contributed by atoms with E-state index in [1.54, 1.807) is 6.07 Å². The molecule has 0 aliphatic rings. The van der Waals surface area contributed by atoms with Gasteiger partial charge in [-0.05, 0) is 24.6 Å². The van der Waals surface area contributed by atoms with Gasteiger partial charge in [-0.15, -0.1) is 0 Å². The van der Waals surface area contributed by atoms with Crippen LogP contribution in [0.2, 0.25) is 0 Å². The maximum absolute atomic E-state index is 10.2. The highest BCUT2D eigenvalue weighted by Crippen LogP contribution is 2.15. The van der Waals surface area contributed by atoms with Gasteiger partial charge < -0.3 is 0 Å². The lowest BCUT2D eigenvalue weighted by atomic mass is 10.2. The Hall–Kier alpha value is -0.630. The number of benzene rings is 1. The molecule has 0 bridgehead atoms. The maximum atomic E-state index is 10.2. The Kier molecular flexibility index (Phi) is 2.22. The molecule has 0 aliphatic carbocycles. The van der Waals surface area contributed by atoms with E-state index in [4.69, 9.17) is 0 Å². The van der Waals surface area contributed by atoms with Gasteiger partial charge in [0.25, 0.3) is 0 Å². The summed E-state index contributed by atoms with van der Waals surface area (Å²) in [4.78, 5) is 10.2. The van der Waals surface area contributed by atoms with Crippen molar-refractivity contribution in [2.45, 2.75) is 6.92 Å². The van der Waals surface area contributed by atoms with Crippen molar-refractivity contribution in [2.24, 2.45) is 0 Å². The summed E-state index contributed by atoms with van der Waals surface area (Å²) in [6.45, 7) is 1.97. The second kappa shape index (κ2) is 2.97. The predicted molar refractivity (Wildman–Crippen MR) is 43.7 cm³/mol. The first-order valence-corrected chi connectivity index (χ1v) is 3.67. The van der Waals surface area contributed by atoms with Crippen LogP contribution in [0.5, 0.6) is 0 Å². The summed E-state index contributed by atoms with van der Waals surface area (Å²) >= 11 is 3.24. The lowest BCUT2D eigenvalue weighted by molar-refractivity contribution is 0.562. The molecule has 0 N–H and O–H groups in total. The first-order valence-electron chi connectivity index (χ1n) is 2.88. The lowest BCUT2D eigenvalue weighted by Crippen LogP contribution is -1.82. The highest BCUT2D eigenvalue weighted by atomic mass is 79.9. The molecule has 0 saturated carbocycles. The third-order valence-corrected chi connectivity index (χ3v) is 1.89. The van der Waals surface area contributed by atoms with Crippen molar-refractivity contribution in [3.8, 4) is 0 Å². The van der Waals surface area contributed by atoms with Gasteiger partial charge in [0.1, 0.15) is 0 Å². The number of hydrogen-bond donors (Lipinski definition) is 0. The van der Waals surface area contributed by atoms with Gasteiger partial charge in [0.2, 0.25) is 6.29 Å². The summed E-state index contributed by atoms with van der Waals surface area (Å²) in [6.07, 6.45) is 1.83. The number of rotatable bonds is 1. The standard InChI is InChI=1S/C8H6BrO/c1-6-2-3-7(5-10)8(9)4-6/h2-4H,1H3. The first-order chi connectivity index (χ1) is 4.74. The zero-order valence-electron chi connectivity index (χ0n) is 5.52. The second-order valence-electron chi connectivity index (χ2n) is 2.09. The van der Waals surface area contributed by atoms with Crippen LogP contribution in [0.25, 0.3) is 0 Å². The van der Waals surface area contributed by atoms with E-state index in [9.17, 15) is 4.79 Å². The van der Waals surface area contributed by atoms with Crippen molar-refractivity contribution in [2.75, 3.05) is 0 Å². The minimum absolute atomic E-state index is 0.575. The van der Waals surface area contributed by atoms with Crippen molar-refractivity contribution in [3.63, 3.8) is 0 Å². The molecule has 2 heteroatoms. The number of aryl methyl sites for hydroxylation is 1. The Balaban J connectivity index is 3.19. The van der Waals surface area contributed by atoms with Crippen LogP contribution in [0.1, 0.15) is 11.1 Å². The summed E-state index contributed by atoms with van der Waals surface area (Å²) in [5.41, 5.74) is 1.71. The topological polar surface area (TPSA) is 17.1 Å². The van der Waals surface area contributed by atoms with Crippen molar-refractivity contribution < 1.29 is 4.79 Å². The Morgan fingerprint density at radius 3 is 2.70 bits per heavy atom. The van der Waals surface area contributed by atoms with Crippen LogP contribution in [0.15, 0.2) is 22.7 Å². The summed E-state index contributed by atoms with van der Waals surface area (Å²) in [5, 5.41) is 0. The summed E-state index contributed by atoms with van der Waals surface area (Å²) in [5.74, 6) is 0. The van der Waals surface area contributed by atoms with Crippen molar-refractivity contribution in [3.05, 3.63) is 33.8 Å². The normalized spacial score (nSPS) is 9.40. The van der Waals surface area contributed by atoms with E-state index in [2.05, 4.69) is 15.9 Å². The molecule has 0 fully saturated rings. The van der Waals surface area contributed by atoms with Gasteiger partial charge in [0.15, 0.2) is 0 Å². The fourth-order valence-corrected chi connectivity index (χ4v) is 1.28. The molecule has 1 aromatic carbocycles. The van der Waals surface area contributed by atoms with Gasteiger partial charge in [-0.3, -0.25) is 4.79 Å². The molecule has 0 heterocycles. The van der Waals surface area contributed by atoms with Gasteiger partial charge in [-0.1, -0.05) is 22.0 Å². The van der Waals surface area contributed by atoms with Gasteiger partial charge in [0, 0.05) is 10.0 Å². The first kappa shape index (κ1) is 7.48. The molecule has 0 saturated heterocycles. The minimum Gasteiger partial charge on any atom is -0.285 e. The second-order valence-corrected chi connectivity index (χ2v) is 2.94. The lowest BCUT2D eigenvalue weighted by Gasteiger charge is -1.95. The fourth-order valence-electron chi connectivity index (χ4n) is 0.703. The van der Waals surface area contributed by atoms with E-state index in [0.717, 1.165) is 10.0 Å². The van der Waals surface area contributed by atoms with Gasteiger partial charge in [0.05, 0.1) is 0 Å². The van der Waals surface area contributed by atoms with Crippen LogP contribution in [0.3, 0.4) is 0 Å². The van der Waals surface area contributed by atoms with E-state index in [-0.39, 0.29) is 0 Å². The van der Waals surface area contributed by atoms with Gasteiger partial charge in [-0.2, -0.15) is 0 Å². The Bertz CT molecular complexity index is 255. The number of hydrogen-bond acceptors (Lipinski definition) is 1. The van der Waals surface area contributed by atoms with Crippen LogP contribution >= 0.6 is 15.9 Å². The molecule has 0 atom stereocenters. The largest absolute Gasteiger partial charge is 0.285 e.